The highest BCUT2D eigenvalue weighted by molar-refractivity contribution is 7.11. The normalized spacial score (nSPS) is 22.7. The van der Waals surface area contributed by atoms with Crippen LogP contribution >= 0.6 is 22.9 Å². The van der Waals surface area contributed by atoms with Crippen molar-refractivity contribution in [2.75, 3.05) is 32.9 Å². The lowest BCUT2D eigenvalue weighted by Crippen LogP contribution is -2.61. The average molecular weight is 511 g/mol. The van der Waals surface area contributed by atoms with Gasteiger partial charge in [-0.3, -0.25) is 9.89 Å². The van der Waals surface area contributed by atoms with E-state index in [1.165, 1.54) is 29.5 Å². The summed E-state index contributed by atoms with van der Waals surface area (Å²) in [5.41, 5.74) is 1.21. The van der Waals surface area contributed by atoms with Gasteiger partial charge in [0.05, 0.1) is 24.8 Å². The first-order valence-corrected chi connectivity index (χ1v) is 12.2. The molecule has 1 fully saturated rings. The van der Waals surface area contributed by atoms with Crippen molar-refractivity contribution in [3.63, 3.8) is 0 Å². The molecule has 0 aliphatic carbocycles. The number of aromatic nitrogens is 1. The molecule has 4 rings (SSSR count). The predicted octanol–water partition coefficient (Wildman–Crippen LogP) is 3.90. The molecule has 0 saturated carbocycles. The summed E-state index contributed by atoms with van der Waals surface area (Å²) in [6.45, 7) is 4.91. The van der Waals surface area contributed by atoms with E-state index in [0.717, 1.165) is 0 Å². The number of amidine groups is 1. The van der Waals surface area contributed by atoms with E-state index in [-0.39, 0.29) is 36.9 Å². The van der Waals surface area contributed by atoms with Gasteiger partial charge in [0, 0.05) is 47.6 Å². The number of hydrogen-bond donors (Lipinski definition) is 1. The highest BCUT2D eigenvalue weighted by Crippen LogP contribution is 2.37. The van der Waals surface area contributed by atoms with Crippen LogP contribution in [0.15, 0.2) is 46.0 Å². The van der Waals surface area contributed by atoms with Gasteiger partial charge in [-0.1, -0.05) is 17.7 Å². The maximum absolute atomic E-state index is 14.3. The minimum atomic E-state index is -1.02. The number of carbonyl (C=O) groups excluding carboxylic acids is 1. The fourth-order valence-electron chi connectivity index (χ4n) is 3.97. The number of thiazole rings is 1. The average Bonchev–Trinajstić information content (AvgIpc) is 3.34. The van der Waals surface area contributed by atoms with Crippen LogP contribution in [0.5, 0.6) is 0 Å². The molecule has 1 aromatic carbocycles. The number of ether oxygens (including phenoxy) is 2. The lowest BCUT2D eigenvalue weighted by atomic mass is 9.93. The highest BCUT2D eigenvalue weighted by atomic mass is 35.5. The number of carbonyl (C=O) groups is 1. The molecule has 1 N–H and O–H groups in total. The summed E-state index contributed by atoms with van der Waals surface area (Å²) in [4.78, 5) is 24.1. The van der Waals surface area contributed by atoms with E-state index in [2.05, 4.69) is 10.3 Å². The third kappa shape index (κ3) is 5.14. The molecule has 2 aliphatic rings. The molecule has 2 unspecified atom stereocenters. The van der Waals surface area contributed by atoms with E-state index < -0.39 is 30.0 Å². The minimum Gasteiger partial charge on any atom is -0.463 e. The number of esters is 1. The van der Waals surface area contributed by atoms with Crippen LogP contribution in [-0.2, 0) is 14.3 Å². The Hall–Kier alpha value is -2.40. The summed E-state index contributed by atoms with van der Waals surface area (Å²) >= 11 is 7.76. The molecular weight excluding hydrogens is 486 g/mol. The number of likely N-dealkylation sites (tertiary alicyclic amines) is 1. The van der Waals surface area contributed by atoms with E-state index in [9.17, 15) is 13.6 Å². The van der Waals surface area contributed by atoms with Gasteiger partial charge in [-0.25, -0.2) is 18.6 Å². The van der Waals surface area contributed by atoms with Gasteiger partial charge in [0.15, 0.2) is 10.8 Å². The zero-order valence-electron chi connectivity index (χ0n) is 18.8. The molecule has 11 heteroatoms. The van der Waals surface area contributed by atoms with Gasteiger partial charge in [-0.2, -0.15) is 0 Å². The Balaban J connectivity index is 1.77. The number of hydrogen-bond acceptors (Lipinski definition) is 8. The summed E-state index contributed by atoms with van der Waals surface area (Å²) < 4.78 is 38.8. The van der Waals surface area contributed by atoms with Crippen LogP contribution in [0.2, 0.25) is 5.02 Å². The second kappa shape index (κ2) is 10.9. The molecule has 0 amide bonds. The Morgan fingerprint density at radius 2 is 2.18 bits per heavy atom. The molecule has 0 radical (unpaired) electrons. The number of nitrogens with one attached hydrogen (secondary N) is 1. The van der Waals surface area contributed by atoms with Crippen molar-refractivity contribution in [2.24, 2.45) is 4.99 Å². The monoisotopic (exact) mass is 510 g/mol. The van der Waals surface area contributed by atoms with E-state index in [1.807, 2.05) is 17.2 Å². The topological polar surface area (TPSA) is 76.0 Å². The summed E-state index contributed by atoms with van der Waals surface area (Å²) in [6.07, 6.45) is 0.631. The zero-order valence-corrected chi connectivity index (χ0v) is 20.3. The van der Waals surface area contributed by atoms with Gasteiger partial charge in [-0.05, 0) is 26.0 Å². The lowest BCUT2D eigenvalue weighted by molar-refractivity contribution is -0.139. The van der Waals surface area contributed by atoms with E-state index in [1.54, 1.807) is 13.1 Å². The first-order valence-electron chi connectivity index (χ1n) is 11.0. The number of aliphatic imine (C=N–C) groups is 1. The van der Waals surface area contributed by atoms with Crippen molar-refractivity contribution in [1.29, 1.82) is 0 Å². The van der Waals surface area contributed by atoms with Crippen molar-refractivity contribution in [3.05, 3.63) is 62.5 Å². The smallest absolute Gasteiger partial charge is 0.338 e. The molecule has 1 aromatic heterocycles. The SMILES string of the molecule is CCOCC1C(F)CN1CC1=C(C(=O)OCC)[C@H](c2ccc(F)cc2Cl)N=C(c2nccs2)N1. The molecule has 182 valence electrons. The molecule has 3 atom stereocenters. The second-order valence-electron chi connectivity index (χ2n) is 7.79. The Labute approximate surface area is 205 Å². The van der Waals surface area contributed by atoms with Crippen molar-refractivity contribution in [2.45, 2.75) is 32.1 Å². The van der Waals surface area contributed by atoms with Crippen molar-refractivity contribution < 1.29 is 23.0 Å². The first-order chi connectivity index (χ1) is 16.4. The Bertz CT molecular complexity index is 1100. The molecule has 0 spiro atoms. The van der Waals surface area contributed by atoms with Crippen LogP contribution in [-0.4, -0.2) is 66.8 Å². The Kier molecular flexibility index (Phi) is 7.92. The predicted molar refractivity (Wildman–Crippen MR) is 126 cm³/mol. The lowest BCUT2D eigenvalue weighted by Gasteiger charge is -2.44. The van der Waals surface area contributed by atoms with Crippen LogP contribution in [0.1, 0.15) is 30.5 Å². The largest absolute Gasteiger partial charge is 0.463 e. The van der Waals surface area contributed by atoms with Gasteiger partial charge in [0.25, 0.3) is 0 Å². The van der Waals surface area contributed by atoms with Crippen LogP contribution < -0.4 is 5.32 Å². The number of halogens is 3. The first kappa shape index (κ1) is 24.7. The molecular formula is C23H25ClF2N4O3S. The standard InChI is InChI=1S/C23H25ClF2N4O3S/c1-3-32-12-18-16(26)10-30(18)11-17-19(23(31)33-4-2)20(14-6-5-13(25)9-15(14)24)29-21(28-17)22-27-7-8-34-22/h5-9,16,18,20H,3-4,10-12H2,1-2H3,(H,28,29)/t16?,18?,20-/m0/s1. The van der Waals surface area contributed by atoms with E-state index in [0.29, 0.717) is 28.7 Å². The third-order valence-corrected chi connectivity index (χ3v) is 6.77. The maximum Gasteiger partial charge on any atom is 0.338 e. The van der Waals surface area contributed by atoms with Gasteiger partial charge in [0.1, 0.15) is 18.0 Å². The Morgan fingerprint density at radius 3 is 2.82 bits per heavy atom. The van der Waals surface area contributed by atoms with Gasteiger partial charge in [-0.15, -0.1) is 11.3 Å². The van der Waals surface area contributed by atoms with E-state index in [4.69, 9.17) is 26.1 Å². The summed E-state index contributed by atoms with van der Waals surface area (Å²) in [6, 6.07) is 2.68. The van der Waals surface area contributed by atoms with Crippen LogP contribution in [0.3, 0.4) is 0 Å². The number of alkyl halides is 1. The molecule has 2 aromatic rings. The maximum atomic E-state index is 14.3. The van der Waals surface area contributed by atoms with Crippen LogP contribution in [0, 0.1) is 5.82 Å². The summed E-state index contributed by atoms with van der Waals surface area (Å²) in [7, 11) is 0. The number of benzene rings is 1. The summed E-state index contributed by atoms with van der Waals surface area (Å²) in [5.74, 6) is -0.625. The van der Waals surface area contributed by atoms with Crippen molar-refractivity contribution in [3.8, 4) is 0 Å². The molecule has 2 aliphatic heterocycles. The van der Waals surface area contributed by atoms with Crippen LogP contribution in [0.4, 0.5) is 8.78 Å². The van der Waals surface area contributed by atoms with Crippen molar-refractivity contribution in [1.82, 2.24) is 15.2 Å². The minimum absolute atomic E-state index is 0.136. The fraction of sp³-hybridized carbons (Fsp3) is 0.435. The number of rotatable bonds is 9. The molecule has 0 bridgehead atoms. The third-order valence-electron chi connectivity index (χ3n) is 5.66. The molecule has 1 saturated heterocycles. The molecule has 34 heavy (non-hydrogen) atoms. The molecule has 7 nitrogen and oxygen atoms in total. The van der Waals surface area contributed by atoms with Gasteiger partial charge >= 0.3 is 5.97 Å². The second-order valence-corrected chi connectivity index (χ2v) is 9.10. The van der Waals surface area contributed by atoms with Crippen LogP contribution in [0.25, 0.3) is 0 Å². The van der Waals surface area contributed by atoms with Gasteiger partial charge in [0.2, 0.25) is 0 Å². The zero-order chi connectivity index (χ0) is 24.2. The quantitative estimate of drug-likeness (QED) is 0.516. The number of nitrogens with zero attached hydrogens (tertiary/aromatic N) is 3. The van der Waals surface area contributed by atoms with Crippen molar-refractivity contribution >= 4 is 34.7 Å². The van der Waals surface area contributed by atoms with E-state index >= 15 is 0 Å². The highest BCUT2D eigenvalue weighted by Gasteiger charge is 2.42. The fourth-order valence-corrected chi connectivity index (χ4v) is 4.83. The van der Waals surface area contributed by atoms with Gasteiger partial charge < -0.3 is 14.8 Å². The Morgan fingerprint density at radius 1 is 1.35 bits per heavy atom. The summed E-state index contributed by atoms with van der Waals surface area (Å²) in [5, 5.41) is 5.78. The molecule has 3 heterocycles.